The summed E-state index contributed by atoms with van der Waals surface area (Å²) in [6.07, 6.45) is 6.22. The molecule has 2 aliphatic rings. The summed E-state index contributed by atoms with van der Waals surface area (Å²) >= 11 is 0. The first kappa shape index (κ1) is 15.7. The smallest absolute Gasteiger partial charge is 0.244 e. The highest BCUT2D eigenvalue weighted by atomic mass is 35.5. The van der Waals surface area contributed by atoms with E-state index in [1.165, 1.54) is 6.20 Å². The van der Waals surface area contributed by atoms with E-state index in [0.29, 0.717) is 24.9 Å². The van der Waals surface area contributed by atoms with E-state index >= 15 is 0 Å². The Bertz CT molecular complexity index is 552. The number of fused-ring (bicyclic) bond motifs is 1. The van der Waals surface area contributed by atoms with Crippen molar-refractivity contribution in [1.82, 2.24) is 9.29 Å². The number of nitrogens with two attached hydrogens (primary N) is 1. The number of hydrogen-bond donors (Lipinski definition) is 1. The van der Waals surface area contributed by atoms with Crippen molar-refractivity contribution in [3.63, 3.8) is 0 Å². The predicted molar refractivity (Wildman–Crippen MR) is 79.1 cm³/mol. The second-order valence-electron chi connectivity index (χ2n) is 5.53. The zero-order valence-corrected chi connectivity index (χ0v) is 12.8. The summed E-state index contributed by atoms with van der Waals surface area (Å²) < 4.78 is 26.6. The second kappa shape index (κ2) is 5.97. The molecule has 2 heterocycles. The van der Waals surface area contributed by atoms with Gasteiger partial charge in [0, 0.05) is 31.5 Å². The van der Waals surface area contributed by atoms with E-state index in [9.17, 15) is 8.42 Å². The van der Waals surface area contributed by atoms with E-state index in [4.69, 9.17) is 5.73 Å². The number of halogens is 1. The van der Waals surface area contributed by atoms with Crippen LogP contribution in [0.2, 0.25) is 0 Å². The summed E-state index contributed by atoms with van der Waals surface area (Å²) in [7, 11) is -3.41. The Morgan fingerprint density at radius 2 is 2.10 bits per heavy atom. The molecule has 3 unspecified atom stereocenters. The van der Waals surface area contributed by atoms with Gasteiger partial charge in [0.1, 0.15) is 4.90 Å². The quantitative estimate of drug-likeness (QED) is 0.890. The lowest BCUT2D eigenvalue weighted by Gasteiger charge is -2.29. The van der Waals surface area contributed by atoms with E-state index < -0.39 is 10.0 Å². The minimum Gasteiger partial charge on any atom is -0.327 e. The number of hydrogen-bond acceptors (Lipinski definition) is 4. The molecule has 112 valence electrons. The van der Waals surface area contributed by atoms with Crippen LogP contribution in [0.5, 0.6) is 0 Å². The molecule has 1 aliphatic heterocycles. The first-order chi connectivity index (χ1) is 9.09. The van der Waals surface area contributed by atoms with E-state index in [-0.39, 0.29) is 23.3 Å². The average molecular weight is 318 g/mol. The first-order valence-electron chi connectivity index (χ1n) is 6.75. The SMILES string of the molecule is Cl.NC1CCCC2CN(S(=O)(=O)c3cccnc3)CC12. The van der Waals surface area contributed by atoms with E-state index in [1.54, 1.807) is 22.6 Å². The van der Waals surface area contributed by atoms with Crippen molar-refractivity contribution in [2.24, 2.45) is 17.6 Å². The zero-order chi connectivity index (χ0) is 13.5. The molecule has 7 heteroatoms. The van der Waals surface area contributed by atoms with Crippen molar-refractivity contribution in [3.05, 3.63) is 24.5 Å². The molecule has 1 aliphatic carbocycles. The summed E-state index contributed by atoms with van der Waals surface area (Å²) in [5, 5.41) is 0. The Balaban J connectivity index is 0.00000147. The van der Waals surface area contributed by atoms with Crippen LogP contribution < -0.4 is 5.73 Å². The molecule has 20 heavy (non-hydrogen) atoms. The number of pyridine rings is 1. The van der Waals surface area contributed by atoms with Crippen LogP contribution in [-0.4, -0.2) is 36.8 Å². The summed E-state index contributed by atoms with van der Waals surface area (Å²) in [6.45, 7) is 1.17. The van der Waals surface area contributed by atoms with Gasteiger partial charge in [-0.2, -0.15) is 4.31 Å². The lowest BCUT2D eigenvalue weighted by Crippen LogP contribution is -2.38. The molecule has 0 radical (unpaired) electrons. The van der Waals surface area contributed by atoms with Crippen LogP contribution in [0.3, 0.4) is 0 Å². The van der Waals surface area contributed by atoms with Crippen LogP contribution >= 0.6 is 12.4 Å². The van der Waals surface area contributed by atoms with Gasteiger partial charge in [0.15, 0.2) is 0 Å². The number of rotatable bonds is 2. The highest BCUT2D eigenvalue weighted by Crippen LogP contribution is 2.37. The van der Waals surface area contributed by atoms with Gasteiger partial charge in [-0.25, -0.2) is 8.42 Å². The molecule has 2 N–H and O–H groups in total. The van der Waals surface area contributed by atoms with Crippen LogP contribution in [0.4, 0.5) is 0 Å². The summed E-state index contributed by atoms with van der Waals surface area (Å²) in [5.41, 5.74) is 6.13. The summed E-state index contributed by atoms with van der Waals surface area (Å²) in [5.74, 6) is 0.746. The number of sulfonamides is 1. The van der Waals surface area contributed by atoms with Gasteiger partial charge < -0.3 is 5.73 Å². The maximum atomic E-state index is 12.5. The molecule has 3 rings (SSSR count). The predicted octanol–water partition coefficient (Wildman–Crippen LogP) is 1.25. The molecule has 1 saturated carbocycles. The molecule has 0 bridgehead atoms. The van der Waals surface area contributed by atoms with Crippen LogP contribution in [-0.2, 0) is 10.0 Å². The van der Waals surface area contributed by atoms with Gasteiger partial charge in [-0.3, -0.25) is 4.98 Å². The average Bonchev–Trinajstić information content (AvgIpc) is 2.86. The molecular weight excluding hydrogens is 298 g/mol. The van der Waals surface area contributed by atoms with Gasteiger partial charge in [-0.15, -0.1) is 12.4 Å². The standard InChI is InChI=1S/C13H19N3O2S.ClH/c14-13-5-1-3-10-8-16(9-12(10)13)19(17,18)11-4-2-6-15-7-11;/h2,4,6-7,10,12-13H,1,3,5,8-9,14H2;1H. The van der Waals surface area contributed by atoms with Gasteiger partial charge in [-0.05, 0) is 36.8 Å². The highest BCUT2D eigenvalue weighted by molar-refractivity contribution is 7.89. The fourth-order valence-electron chi connectivity index (χ4n) is 3.32. The Labute approximate surface area is 126 Å². The van der Waals surface area contributed by atoms with Crippen LogP contribution in [0.1, 0.15) is 19.3 Å². The topological polar surface area (TPSA) is 76.3 Å². The van der Waals surface area contributed by atoms with E-state index in [1.807, 2.05) is 0 Å². The summed E-state index contributed by atoms with van der Waals surface area (Å²) in [4.78, 5) is 4.18. The molecule has 1 aromatic heterocycles. The second-order valence-corrected chi connectivity index (χ2v) is 7.47. The third kappa shape index (κ3) is 2.70. The highest BCUT2D eigenvalue weighted by Gasteiger charge is 2.43. The molecular formula is C13H20ClN3O2S. The van der Waals surface area contributed by atoms with E-state index in [0.717, 1.165) is 19.3 Å². The van der Waals surface area contributed by atoms with Gasteiger partial charge in [0.2, 0.25) is 10.0 Å². The van der Waals surface area contributed by atoms with Gasteiger partial charge in [0.25, 0.3) is 0 Å². The molecule has 0 amide bonds. The minimum atomic E-state index is -3.41. The molecule has 3 atom stereocenters. The molecule has 0 aromatic carbocycles. The van der Waals surface area contributed by atoms with Gasteiger partial charge in [0.05, 0.1) is 0 Å². The van der Waals surface area contributed by atoms with Crippen LogP contribution in [0.25, 0.3) is 0 Å². The minimum absolute atomic E-state index is 0. The van der Waals surface area contributed by atoms with Crippen molar-refractivity contribution in [3.8, 4) is 0 Å². The molecule has 1 aromatic rings. The van der Waals surface area contributed by atoms with Crippen molar-refractivity contribution >= 4 is 22.4 Å². The molecule has 2 fully saturated rings. The maximum Gasteiger partial charge on any atom is 0.244 e. The van der Waals surface area contributed by atoms with Crippen LogP contribution in [0, 0.1) is 11.8 Å². The number of aromatic nitrogens is 1. The molecule has 1 saturated heterocycles. The summed E-state index contributed by atoms with van der Waals surface area (Å²) in [6, 6.07) is 3.40. The third-order valence-corrected chi connectivity index (χ3v) is 6.21. The Kier molecular flexibility index (Phi) is 4.69. The van der Waals surface area contributed by atoms with Crippen molar-refractivity contribution in [1.29, 1.82) is 0 Å². The van der Waals surface area contributed by atoms with E-state index in [2.05, 4.69) is 4.98 Å². The Morgan fingerprint density at radius 1 is 1.30 bits per heavy atom. The fourth-order valence-corrected chi connectivity index (χ4v) is 4.82. The largest absolute Gasteiger partial charge is 0.327 e. The molecule has 5 nitrogen and oxygen atoms in total. The lowest BCUT2D eigenvalue weighted by molar-refractivity contribution is 0.260. The lowest BCUT2D eigenvalue weighted by atomic mass is 9.78. The van der Waals surface area contributed by atoms with Crippen molar-refractivity contribution < 1.29 is 8.42 Å². The third-order valence-electron chi connectivity index (χ3n) is 4.39. The maximum absolute atomic E-state index is 12.5. The number of nitrogens with zero attached hydrogens (tertiary/aromatic N) is 2. The first-order valence-corrected chi connectivity index (χ1v) is 8.19. The molecule has 0 spiro atoms. The monoisotopic (exact) mass is 317 g/mol. The van der Waals surface area contributed by atoms with Crippen LogP contribution in [0.15, 0.2) is 29.4 Å². The van der Waals surface area contributed by atoms with Gasteiger partial charge >= 0.3 is 0 Å². The Morgan fingerprint density at radius 3 is 2.75 bits per heavy atom. The van der Waals surface area contributed by atoms with Crippen molar-refractivity contribution in [2.45, 2.75) is 30.2 Å². The van der Waals surface area contributed by atoms with Crippen molar-refractivity contribution in [2.75, 3.05) is 13.1 Å². The fraction of sp³-hybridized carbons (Fsp3) is 0.615. The normalized spacial score (nSPS) is 30.6. The Hall–Kier alpha value is -0.690. The van der Waals surface area contributed by atoms with Gasteiger partial charge in [-0.1, -0.05) is 6.42 Å². The zero-order valence-electron chi connectivity index (χ0n) is 11.2.